The van der Waals surface area contributed by atoms with Crippen molar-refractivity contribution in [1.29, 1.82) is 5.26 Å². The van der Waals surface area contributed by atoms with Gasteiger partial charge in [-0.15, -0.1) is 0 Å². The molecule has 1 aromatic rings. The van der Waals surface area contributed by atoms with Crippen LogP contribution in [0.25, 0.3) is 0 Å². The molecule has 0 aromatic heterocycles. The normalized spacial score (nSPS) is 12.9. The highest BCUT2D eigenvalue weighted by Crippen LogP contribution is 2.13. The van der Waals surface area contributed by atoms with E-state index in [1.807, 2.05) is 6.07 Å². The van der Waals surface area contributed by atoms with Crippen LogP contribution >= 0.6 is 0 Å². The fourth-order valence-electron chi connectivity index (χ4n) is 1.68. The fourth-order valence-corrected chi connectivity index (χ4v) is 1.68. The van der Waals surface area contributed by atoms with Crippen LogP contribution in [-0.2, 0) is 9.53 Å². The van der Waals surface area contributed by atoms with Gasteiger partial charge in [-0.1, -0.05) is 6.07 Å². The van der Waals surface area contributed by atoms with E-state index in [-0.39, 0.29) is 6.42 Å². The number of methoxy groups -OCH3 is 1. The second-order valence-corrected chi connectivity index (χ2v) is 4.42. The molecule has 0 saturated carbocycles. The Morgan fingerprint density at radius 1 is 1.43 bits per heavy atom. The molecule has 0 heterocycles. The van der Waals surface area contributed by atoms with Gasteiger partial charge < -0.3 is 10.1 Å². The first-order valence-corrected chi connectivity index (χ1v) is 6.13. The molecular weight excluding hydrogens is 282 g/mol. The summed E-state index contributed by atoms with van der Waals surface area (Å²) in [5, 5.41) is 11.0. The summed E-state index contributed by atoms with van der Waals surface area (Å²) in [6.45, 7) is 1.56. The Morgan fingerprint density at radius 3 is 2.67 bits per heavy atom. The van der Waals surface area contributed by atoms with Crippen molar-refractivity contribution in [3.8, 4) is 6.07 Å². The van der Waals surface area contributed by atoms with Crippen LogP contribution in [0.5, 0.6) is 0 Å². The summed E-state index contributed by atoms with van der Waals surface area (Å²) < 4.78 is 31.1. The molecule has 0 fully saturated rings. The Hall–Kier alpha value is -2.49. The van der Waals surface area contributed by atoms with Crippen molar-refractivity contribution in [2.75, 3.05) is 7.11 Å². The van der Waals surface area contributed by atoms with Crippen LogP contribution in [0.3, 0.4) is 0 Å². The standard InChI is InChI=1S/C14H14F2N2O3/c1-8(7-17)6-11(14(20)21-2)18-13(19)9-4-3-5-10(15)12(9)16/h3-5,8,11H,6H2,1-2H3,(H,18,19)/t8-,11+/m1/s1. The molecule has 0 aliphatic heterocycles. The van der Waals surface area contributed by atoms with Crippen molar-refractivity contribution in [1.82, 2.24) is 5.32 Å². The molecule has 0 radical (unpaired) electrons. The number of nitrogens with one attached hydrogen (secondary N) is 1. The number of carbonyl (C=O) groups is 2. The van der Waals surface area contributed by atoms with Gasteiger partial charge in [0.2, 0.25) is 0 Å². The number of ether oxygens (including phenoxy) is 1. The van der Waals surface area contributed by atoms with E-state index in [2.05, 4.69) is 10.1 Å². The van der Waals surface area contributed by atoms with Gasteiger partial charge >= 0.3 is 5.97 Å². The minimum absolute atomic E-state index is 0.00580. The summed E-state index contributed by atoms with van der Waals surface area (Å²) in [6.07, 6.45) is 0.00580. The van der Waals surface area contributed by atoms with Crippen LogP contribution in [0.2, 0.25) is 0 Å². The van der Waals surface area contributed by atoms with E-state index in [4.69, 9.17) is 5.26 Å². The molecule has 2 atom stereocenters. The molecular formula is C14H14F2N2O3. The average molecular weight is 296 g/mol. The first-order chi connectivity index (χ1) is 9.90. The number of nitriles is 1. The number of nitrogens with zero attached hydrogens (tertiary/aromatic N) is 1. The average Bonchev–Trinajstić information content (AvgIpc) is 2.48. The Labute approximate surface area is 120 Å². The largest absolute Gasteiger partial charge is 0.467 e. The molecule has 0 aliphatic carbocycles. The number of hydrogen-bond acceptors (Lipinski definition) is 4. The summed E-state index contributed by atoms with van der Waals surface area (Å²) in [5.41, 5.74) is -0.520. The van der Waals surface area contributed by atoms with Crippen LogP contribution in [0.15, 0.2) is 18.2 Å². The fraction of sp³-hybridized carbons (Fsp3) is 0.357. The lowest BCUT2D eigenvalue weighted by Crippen LogP contribution is -2.42. The number of rotatable bonds is 5. The highest BCUT2D eigenvalue weighted by molar-refractivity contribution is 5.97. The lowest BCUT2D eigenvalue weighted by molar-refractivity contribution is -0.143. The molecule has 112 valence electrons. The van der Waals surface area contributed by atoms with Gasteiger partial charge in [0.05, 0.1) is 18.7 Å². The Morgan fingerprint density at radius 2 is 2.10 bits per heavy atom. The number of carbonyl (C=O) groups excluding carboxylic acids is 2. The van der Waals surface area contributed by atoms with Gasteiger partial charge in [0.15, 0.2) is 11.6 Å². The molecule has 0 spiro atoms. The van der Waals surface area contributed by atoms with Gasteiger partial charge in [-0.3, -0.25) is 4.79 Å². The van der Waals surface area contributed by atoms with Gasteiger partial charge in [-0.25, -0.2) is 13.6 Å². The summed E-state index contributed by atoms with van der Waals surface area (Å²) in [5.74, 6) is -4.70. The monoisotopic (exact) mass is 296 g/mol. The number of amides is 1. The third-order valence-corrected chi connectivity index (χ3v) is 2.80. The van der Waals surface area contributed by atoms with E-state index < -0.39 is 41.0 Å². The lowest BCUT2D eigenvalue weighted by atomic mass is 10.0. The molecule has 0 aliphatic rings. The highest BCUT2D eigenvalue weighted by Gasteiger charge is 2.26. The quantitative estimate of drug-likeness (QED) is 0.840. The first kappa shape index (κ1) is 16.6. The smallest absolute Gasteiger partial charge is 0.328 e. The minimum atomic E-state index is -1.30. The van der Waals surface area contributed by atoms with Gasteiger partial charge in [0, 0.05) is 5.92 Å². The summed E-state index contributed by atoms with van der Waals surface area (Å²) >= 11 is 0. The highest BCUT2D eigenvalue weighted by atomic mass is 19.2. The van der Waals surface area contributed by atoms with Crippen molar-refractivity contribution in [3.05, 3.63) is 35.4 Å². The second kappa shape index (κ2) is 7.33. The maximum Gasteiger partial charge on any atom is 0.328 e. The minimum Gasteiger partial charge on any atom is -0.467 e. The molecule has 1 rings (SSSR count). The van der Waals surface area contributed by atoms with E-state index in [0.29, 0.717) is 0 Å². The Kier molecular flexibility index (Phi) is 5.79. The van der Waals surface area contributed by atoms with Crippen molar-refractivity contribution in [2.45, 2.75) is 19.4 Å². The van der Waals surface area contributed by atoms with Crippen LogP contribution in [-0.4, -0.2) is 25.0 Å². The van der Waals surface area contributed by atoms with E-state index in [0.717, 1.165) is 19.2 Å². The second-order valence-electron chi connectivity index (χ2n) is 4.42. The van der Waals surface area contributed by atoms with Crippen molar-refractivity contribution < 1.29 is 23.1 Å². The van der Waals surface area contributed by atoms with Crippen LogP contribution < -0.4 is 5.32 Å². The number of hydrogen-bond donors (Lipinski definition) is 1. The van der Waals surface area contributed by atoms with Crippen molar-refractivity contribution >= 4 is 11.9 Å². The van der Waals surface area contributed by atoms with Gasteiger partial charge in [-0.2, -0.15) is 5.26 Å². The molecule has 21 heavy (non-hydrogen) atoms. The van der Waals surface area contributed by atoms with E-state index in [9.17, 15) is 18.4 Å². The van der Waals surface area contributed by atoms with Crippen LogP contribution in [0, 0.1) is 28.9 Å². The SMILES string of the molecule is COC(=O)[C@H](C[C@@H](C)C#N)NC(=O)c1cccc(F)c1F. The predicted molar refractivity (Wildman–Crippen MR) is 69.0 cm³/mol. The molecule has 5 nitrogen and oxygen atoms in total. The number of esters is 1. The maximum atomic E-state index is 13.5. The zero-order valence-corrected chi connectivity index (χ0v) is 11.5. The third kappa shape index (κ3) is 4.24. The molecule has 1 N–H and O–H groups in total. The van der Waals surface area contributed by atoms with E-state index >= 15 is 0 Å². The zero-order valence-electron chi connectivity index (χ0n) is 11.5. The molecule has 1 amide bonds. The van der Waals surface area contributed by atoms with Gasteiger partial charge in [0.25, 0.3) is 5.91 Å². The topological polar surface area (TPSA) is 79.2 Å². The van der Waals surface area contributed by atoms with Crippen LogP contribution in [0.1, 0.15) is 23.7 Å². The summed E-state index contributed by atoms with van der Waals surface area (Å²) in [6, 6.07) is 3.95. The van der Waals surface area contributed by atoms with Crippen molar-refractivity contribution in [2.24, 2.45) is 5.92 Å². The van der Waals surface area contributed by atoms with Crippen LogP contribution in [0.4, 0.5) is 8.78 Å². The first-order valence-electron chi connectivity index (χ1n) is 6.13. The zero-order chi connectivity index (χ0) is 16.0. The molecule has 0 bridgehead atoms. The molecule has 0 saturated heterocycles. The number of benzene rings is 1. The Bertz CT molecular complexity index is 584. The molecule has 0 unspecified atom stereocenters. The summed E-state index contributed by atoms with van der Waals surface area (Å²) in [7, 11) is 1.13. The number of halogens is 2. The maximum absolute atomic E-state index is 13.5. The third-order valence-electron chi connectivity index (χ3n) is 2.80. The van der Waals surface area contributed by atoms with Crippen molar-refractivity contribution in [3.63, 3.8) is 0 Å². The predicted octanol–water partition coefficient (Wildman–Crippen LogP) is 1.79. The van der Waals surface area contributed by atoms with E-state index in [1.54, 1.807) is 6.92 Å². The molecule has 7 heteroatoms. The van der Waals surface area contributed by atoms with E-state index in [1.165, 1.54) is 6.07 Å². The molecule has 1 aromatic carbocycles. The van der Waals surface area contributed by atoms with Gasteiger partial charge in [0.1, 0.15) is 6.04 Å². The Balaban J connectivity index is 2.93. The van der Waals surface area contributed by atoms with Gasteiger partial charge in [-0.05, 0) is 25.5 Å². The lowest BCUT2D eigenvalue weighted by Gasteiger charge is -2.17. The summed E-state index contributed by atoms with van der Waals surface area (Å²) in [4.78, 5) is 23.5.